The molecule has 0 bridgehead atoms. The van der Waals surface area contributed by atoms with Gasteiger partial charge in [-0.15, -0.1) is 0 Å². The number of hydrogen-bond donors (Lipinski definition) is 2. The Bertz CT molecular complexity index is 748. The van der Waals surface area contributed by atoms with E-state index in [-0.39, 0.29) is 30.3 Å². The molecule has 7 heteroatoms. The Labute approximate surface area is 184 Å². The van der Waals surface area contributed by atoms with Crippen LogP contribution in [0.25, 0.3) is 0 Å². The highest BCUT2D eigenvalue weighted by Gasteiger charge is 2.53. The van der Waals surface area contributed by atoms with E-state index in [1.807, 2.05) is 28.0 Å². The zero-order valence-electron chi connectivity index (χ0n) is 18.1. The van der Waals surface area contributed by atoms with Crippen LogP contribution in [0.5, 0.6) is 0 Å². The summed E-state index contributed by atoms with van der Waals surface area (Å²) >= 11 is 0. The molecule has 1 aromatic rings. The summed E-state index contributed by atoms with van der Waals surface area (Å²) in [5.74, 6) is 0.296. The zero-order valence-corrected chi connectivity index (χ0v) is 18.1. The fraction of sp³-hybridized carbons (Fsp3) is 0.625. The molecule has 7 nitrogen and oxygen atoms in total. The Hall–Kier alpha value is -2.41. The van der Waals surface area contributed by atoms with Crippen LogP contribution in [0.4, 0.5) is 0 Å². The van der Waals surface area contributed by atoms with Crippen molar-refractivity contribution in [3.05, 3.63) is 35.9 Å². The maximum Gasteiger partial charge on any atom is 0.290 e. The third kappa shape index (κ3) is 5.26. The van der Waals surface area contributed by atoms with Gasteiger partial charge in [0.05, 0.1) is 6.10 Å². The number of piperidine rings is 1. The average Bonchev–Trinajstić information content (AvgIpc) is 3.20. The first kappa shape index (κ1) is 23.3. The third-order valence-electron chi connectivity index (χ3n) is 7.02. The average molecular weight is 431 g/mol. The molecule has 170 valence electrons. The molecular weight excluding hydrogens is 396 g/mol. The lowest BCUT2D eigenvalue weighted by Gasteiger charge is -2.46. The minimum Gasteiger partial charge on any atom is -0.483 e. The summed E-state index contributed by atoms with van der Waals surface area (Å²) in [4.78, 5) is 39.1. The molecule has 0 radical (unpaired) electrons. The van der Waals surface area contributed by atoms with Crippen molar-refractivity contribution in [1.29, 1.82) is 0 Å². The number of aliphatic hydroxyl groups is 1. The van der Waals surface area contributed by atoms with E-state index in [4.69, 9.17) is 9.90 Å². The molecule has 2 N–H and O–H groups in total. The highest BCUT2D eigenvalue weighted by atomic mass is 16.3. The van der Waals surface area contributed by atoms with Gasteiger partial charge in [0.25, 0.3) is 6.47 Å². The lowest BCUT2D eigenvalue weighted by Crippen LogP contribution is -2.62. The van der Waals surface area contributed by atoms with Crippen molar-refractivity contribution in [3.63, 3.8) is 0 Å². The Morgan fingerprint density at radius 2 is 1.68 bits per heavy atom. The topological polar surface area (TPSA) is 98.2 Å². The van der Waals surface area contributed by atoms with Crippen LogP contribution < -0.4 is 0 Å². The van der Waals surface area contributed by atoms with Crippen LogP contribution in [0.3, 0.4) is 0 Å². The highest BCUT2D eigenvalue weighted by Crippen LogP contribution is 2.40. The molecule has 3 fully saturated rings. The van der Waals surface area contributed by atoms with Crippen molar-refractivity contribution in [3.8, 4) is 0 Å². The maximum atomic E-state index is 13.5. The molecule has 2 saturated heterocycles. The molecule has 3 aliphatic rings. The largest absolute Gasteiger partial charge is 0.483 e. The Balaban J connectivity index is 0.000000858. The number of benzene rings is 1. The monoisotopic (exact) mass is 430 g/mol. The molecule has 2 aliphatic heterocycles. The van der Waals surface area contributed by atoms with Gasteiger partial charge >= 0.3 is 0 Å². The molecule has 31 heavy (non-hydrogen) atoms. The SMILES string of the molecule is O=C(C1CCC(O)CC1)N1CCCC12CCCN(CCc1ccccc1)C2=O.O=CO. The van der Waals surface area contributed by atoms with Crippen LogP contribution in [-0.4, -0.2) is 69.6 Å². The summed E-state index contributed by atoms with van der Waals surface area (Å²) in [5, 5.41) is 16.6. The van der Waals surface area contributed by atoms with Crippen molar-refractivity contribution in [2.75, 3.05) is 19.6 Å². The van der Waals surface area contributed by atoms with Crippen molar-refractivity contribution < 1.29 is 24.6 Å². The quantitative estimate of drug-likeness (QED) is 0.715. The fourth-order valence-electron chi connectivity index (χ4n) is 5.41. The van der Waals surface area contributed by atoms with Gasteiger partial charge in [-0.3, -0.25) is 14.4 Å². The van der Waals surface area contributed by atoms with Crippen LogP contribution >= 0.6 is 0 Å². The van der Waals surface area contributed by atoms with Crippen molar-refractivity contribution >= 4 is 18.3 Å². The van der Waals surface area contributed by atoms with E-state index >= 15 is 0 Å². The first-order valence-electron chi connectivity index (χ1n) is 11.4. The molecule has 4 rings (SSSR count). The summed E-state index contributed by atoms with van der Waals surface area (Å²) < 4.78 is 0. The number of aliphatic hydroxyl groups excluding tert-OH is 1. The number of likely N-dealkylation sites (tertiary alicyclic amines) is 2. The van der Waals surface area contributed by atoms with Gasteiger partial charge < -0.3 is 20.0 Å². The van der Waals surface area contributed by atoms with Crippen LogP contribution in [0.15, 0.2) is 30.3 Å². The van der Waals surface area contributed by atoms with E-state index in [0.29, 0.717) is 19.4 Å². The van der Waals surface area contributed by atoms with Gasteiger partial charge in [-0.25, -0.2) is 0 Å². The lowest BCUT2D eigenvalue weighted by molar-refractivity contribution is -0.158. The third-order valence-corrected chi connectivity index (χ3v) is 7.02. The Kier molecular flexibility index (Phi) is 8.07. The van der Waals surface area contributed by atoms with E-state index in [0.717, 1.165) is 58.0 Å². The Morgan fingerprint density at radius 1 is 1.06 bits per heavy atom. The van der Waals surface area contributed by atoms with Gasteiger partial charge in [0.15, 0.2) is 0 Å². The predicted molar refractivity (Wildman–Crippen MR) is 116 cm³/mol. The summed E-state index contributed by atoms with van der Waals surface area (Å²) in [7, 11) is 0. The van der Waals surface area contributed by atoms with Gasteiger partial charge in [-0.2, -0.15) is 0 Å². The van der Waals surface area contributed by atoms with Crippen molar-refractivity contribution in [2.24, 2.45) is 5.92 Å². The van der Waals surface area contributed by atoms with E-state index in [2.05, 4.69) is 12.1 Å². The van der Waals surface area contributed by atoms with Crippen LogP contribution in [-0.2, 0) is 20.8 Å². The number of hydrogen-bond acceptors (Lipinski definition) is 4. The molecule has 1 atom stereocenters. The van der Waals surface area contributed by atoms with Gasteiger partial charge in [-0.05, 0) is 63.4 Å². The molecular formula is C24H34N2O5. The van der Waals surface area contributed by atoms with Gasteiger partial charge in [0.1, 0.15) is 5.54 Å². The number of carbonyl (C=O) groups is 3. The molecule has 1 spiro atoms. The molecule has 1 saturated carbocycles. The van der Waals surface area contributed by atoms with Crippen molar-refractivity contribution in [1.82, 2.24) is 9.80 Å². The van der Waals surface area contributed by atoms with E-state index in [1.165, 1.54) is 5.56 Å². The second-order valence-electron chi connectivity index (χ2n) is 8.87. The van der Waals surface area contributed by atoms with E-state index < -0.39 is 5.54 Å². The standard InChI is InChI=1S/C23H32N2O3.CH2O2/c26-20-10-8-19(9-11-20)21(27)25-16-5-14-23(25)13-4-15-24(22(23)28)17-12-18-6-2-1-3-7-18;2-1-3/h1-3,6-7,19-20,26H,4-5,8-17H2;1H,(H,2,3). The van der Waals surface area contributed by atoms with Crippen LogP contribution in [0.2, 0.25) is 0 Å². The normalized spacial score (nSPS) is 28.2. The van der Waals surface area contributed by atoms with Gasteiger partial charge in [0, 0.05) is 25.6 Å². The molecule has 2 heterocycles. The zero-order chi connectivity index (χ0) is 22.3. The van der Waals surface area contributed by atoms with Crippen LogP contribution in [0.1, 0.15) is 56.9 Å². The van der Waals surface area contributed by atoms with Gasteiger partial charge in [-0.1, -0.05) is 30.3 Å². The summed E-state index contributed by atoms with van der Waals surface area (Å²) in [6, 6.07) is 10.3. The van der Waals surface area contributed by atoms with Crippen molar-refractivity contribution in [2.45, 2.75) is 69.4 Å². The molecule has 0 aromatic heterocycles. The second kappa shape index (κ2) is 10.8. The number of rotatable bonds is 4. The molecule has 1 aliphatic carbocycles. The van der Waals surface area contributed by atoms with E-state index in [9.17, 15) is 14.7 Å². The first-order chi connectivity index (χ1) is 15.0. The molecule has 1 aromatic carbocycles. The maximum absolute atomic E-state index is 13.5. The number of amides is 2. The van der Waals surface area contributed by atoms with Crippen LogP contribution in [0, 0.1) is 5.92 Å². The molecule has 1 unspecified atom stereocenters. The lowest BCUT2D eigenvalue weighted by atomic mass is 9.82. The number of carboxylic acid groups (broad SMARTS) is 1. The second-order valence-corrected chi connectivity index (χ2v) is 8.87. The summed E-state index contributed by atoms with van der Waals surface area (Å²) in [5.41, 5.74) is 0.636. The number of nitrogens with zero attached hydrogens (tertiary/aromatic N) is 2. The Morgan fingerprint density at radius 3 is 2.32 bits per heavy atom. The van der Waals surface area contributed by atoms with Gasteiger partial charge in [0.2, 0.25) is 11.8 Å². The summed E-state index contributed by atoms with van der Waals surface area (Å²) in [6.07, 6.45) is 6.98. The number of carbonyl (C=O) groups excluding carboxylic acids is 2. The fourth-order valence-corrected chi connectivity index (χ4v) is 5.41. The van der Waals surface area contributed by atoms with E-state index in [1.54, 1.807) is 0 Å². The summed E-state index contributed by atoms with van der Waals surface area (Å²) in [6.45, 7) is 1.98. The minimum absolute atomic E-state index is 0.0223. The first-order valence-corrected chi connectivity index (χ1v) is 11.4. The highest BCUT2D eigenvalue weighted by molar-refractivity contribution is 5.93. The predicted octanol–water partition coefficient (Wildman–Crippen LogP) is 2.46. The smallest absolute Gasteiger partial charge is 0.290 e. The molecule has 2 amide bonds. The minimum atomic E-state index is -0.609.